The third-order valence-corrected chi connectivity index (χ3v) is 3.93. The molecule has 4 heteroatoms. The van der Waals surface area contributed by atoms with E-state index in [1.54, 1.807) is 6.26 Å². The minimum atomic E-state index is 0.592. The fourth-order valence-electron chi connectivity index (χ4n) is 2.03. The highest BCUT2D eigenvalue weighted by molar-refractivity contribution is 9.10. The molecule has 0 spiro atoms. The number of ether oxygens (including phenoxy) is 1. The van der Waals surface area contributed by atoms with Gasteiger partial charge in [-0.25, -0.2) is 0 Å². The molecule has 0 atom stereocenters. The molecule has 2 aromatic rings. The van der Waals surface area contributed by atoms with Crippen molar-refractivity contribution < 1.29 is 9.15 Å². The molecule has 1 fully saturated rings. The summed E-state index contributed by atoms with van der Waals surface area (Å²) in [5.74, 6) is 0.993. The van der Waals surface area contributed by atoms with Gasteiger partial charge in [-0.1, -0.05) is 28.1 Å². The summed E-state index contributed by atoms with van der Waals surface area (Å²) in [6, 6.07) is 10.9. The summed E-state index contributed by atoms with van der Waals surface area (Å²) >= 11 is 3.43. The van der Waals surface area contributed by atoms with Crippen LogP contribution in [0.3, 0.4) is 0 Å². The molecule has 1 saturated carbocycles. The van der Waals surface area contributed by atoms with Gasteiger partial charge in [-0.05, 0) is 36.6 Å². The summed E-state index contributed by atoms with van der Waals surface area (Å²) < 4.78 is 12.4. The fourth-order valence-corrected chi connectivity index (χ4v) is 2.30. The molecule has 1 aromatic heterocycles. The van der Waals surface area contributed by atoms with Crippen LogP contribution < -0.4 is 5.32 Å². The van der Waals surface area contributed by atoms with Gasteiger partial charge in [0.25, 0.3) is 0 Å². The van der Waals surface area contributed by atoms with Crippen LogP contribution in [-0.2, 0) is 24.5 Å². The van der Waals surface area contributed by atoms with Crippen molar-refractivity contribution >= 4 is 15.9 Å². The van der Waals surface area contributed by atoms with Crippen LogP contribution in [-0.4, -0.2) is 6.04 Å². The summed E-state index contributed by atoms with van der Waals surface area (Å²) in [5.41, 5.74) is 2.31. The lowest BCUT2D eigenvalue weighted by atomic mass is 10.2. The van der Waals surface area contributed by atoms with Crippen molar-refractivity contribution in [1.29, 1.82) is 0 Å². The first kappa shape index (κ1) is 13.9. The largest absolute Gasteiger partial charge is 0.468 e. The standard InChI is InChI=1S/C16H18BrNO2/c17-14-3-1-12(2-4-14)10-19-11-13-7-8-20-16(13)9-18-15-5-6-15/h1-4,7-8,15,18H,5-6,9-11H2. The number of nitrogens with one attached hydrogen (secondary N) is 1. The second-order valence-corrected chi connectivity index (χ2v) is 6.06. The Labute approximate surface area is 127 Å². The summed E-state index contributed by atoms with van der Waals surface area (Å²) in [5, 5.41) is 3.46. The minimum Gasteiger partial charge on any atom is -0.468 e. The monoisotopic (exact) mass is 335 g/mol. The van der Waals surface area contributed by atoms with Crippen LogP contribution in [0.2, 0.25) is 0 Å². The normalized spacial score (nSPS) is 14.7. The van der Waals surface area contributed by atoms with E-state index in [9.17, 15) is 0 Å². The van der Waals surface area contributed by atoms with Crippen LogP contribution in [0, 0.1) is 0 Å². The topological polar surface area (TPSA) is 34.4 Å². The second-order valence-electron chi connectivity index (χ2n) is 5.14. The van der Waals surface area contributed by atoms with Crippen LogP contribution in [0.4, 0.5) is 0 Å². The first-order chi connectivity index (χ1) is 9.81. The maximum absolute atomic E-state index is 5.76. The van der Waals surface area contributed by atoms with Gasteiger partial charge < -0.3 is 14.5 Å². The number of furan rings is 1. The Bertz CT molecular complexity index is 546. The Balaban J connectivity index is 1.47. The highest BCUT2D eigenvalue weighted by Crippen LogP contribution is 2.20. The molecule has 3 rings (SSSR count). The number of halogens is 1. The number of benzene rings is 1. The highest BCUT2D eigenvalue weighted by atomic mass is 79.9. The zero-order valence-corrected chi connectivity index (χ0v) is 12.9. The van der Waals surface area contributed by atoms with Gasteiger partial charge >= 0.3 is 0 Å². The van der Waals surface area contributed by atoms with E-state index in [4.69, 9.17) is 9.15 Å². The Morgan fingerprint density at radius 3 is 2.70 bits per heavy atom. The number of hydrogen-bond acceptors (Lipinski definition) is 3. The second kappa shape index (κ2) is 6.57. The average Bonchev–Trinajstić information content (AvgIpc) is 3.18. The Morgan fingerprint density at radius 2 is 1.95 bits per heavy atom. The Morgan fingerprint density at radius 1 is 1.15 bits per heavy atom. The van der Waals surface area contributed by atoms with E-state index in [1.165, 1.54) is 18.4 Å². The summed E-state index contributed by atoms with van der Waals surface area (Å²) in [4.78, 5) is 0. The van der Waals surface area contributed by atoms with Crippen molar-refractivity contribution in [3.8, 4) is 0 Å². The molecule has 3 nitrogen and oxygen atoms in total. The first-order valence-electron chi connectivity index (χ1n) is 6.92. The molecule has 1 aromatic carbocycles. The van der Waals surface area contributed by atoms with Crippen LogP contribution in [0.5, 0.6) is 0 Å². The zero-order valence-electron chi connectivity index (χ0n) is 11.3. The number of hydrogen-bond donors (Lipinski definition) is 1. The summed E-state index contributed by atoms with van der Waals surface area (Å²) in [6.45, 7) is 2.01. The van der Waals surface area contributed by atoms with Gasteiger partial charge in [-0.3, -0.25) is 0 Å². The van der Waals surface area contributed by atoms with Crippen molar-refractivity contribution in [2.45, 2.75) is 38.6 Å². The quantitative estimate of drug-likeness (QED) is 0.830. The molecule has 1 aliphatic rings. The molecule has 0 saturated heterocycles. The van der Waals surface area contributed by atoms with Gasteiger partial charge in [-0.15, -0.1) is 0 Å². The molecular formula is C16H18BrNO2. The van der Waals surface area contributed by atoms with Crippen LogP contribution in [0.25, 0.3) is 0 Å². The minimum absolute atomic E-state index is 0.592. The van der Waals surface area contributed by atoms with Crippen molar-refractivity contribution in [1.82, 2.24) is 5.32 Å². The van der Waals surface area contributed by atoms with Crippen LogP contribution >= 0.6 is 15.9 Å². The molecule has 1 heterocycles. The Hall–Kier alpha value is -1.10. The number of rotatable bonds is 7. The maximum atomic E-state index is 5.76. The van der Waals surface area contributed by atoms with E-state index in [2.05, 4.69) is 33.4 Å². The molecule has 1 aliphatic carbocycles. The highest BCUT2D eigenvalue weighted by Gasteiger charge is 2.21. The van der Waals surface area contributed by atoms with Gasteiger partial charge in [0.05, 0.1) is 26.0 Å². The molecule has 106 valence electrons. The van der Waals surface area contributed by atoms with E-state index in [1.807, 2.05) is 18.2 Å². The van der Waals surface area contributed by atoms with Crippen molar-refractivity contribution in [2.24, 2.45) is 0 Å². The summed E-state index contributed by atoms with van der Waals surface area (Å²) in [6.07, 6.45) is 4.31. The van der Waals surface area contributed by atoms with Gasteiger partial charge in [0.15, 0.2) is 0 Å². The fraction of sp³-hybridized carbons (Fsp3) is 0.375. The smallest absolute Gasteiger partial charge is 0.123 e. The summed E-state index contributed by atoms with van der Waals surface area (Å²) in [7, 11) is 0. The van der Waals surface area contributed by atoms with E-state index in [-0.39, 0.29) is 0 Å². The van der Waals surface area contributed by atoms with Gasteiger partial charge in [0.2, 0.25) is 0 Å². The lowest BCUT2D eigenvalue weighted by molar-refractivity contribution is 0.106. The lowest BCUT2D eigenvalue weighted by Crippen LogP contribution is -2.15. The van der Waals surface area contributed by atoms with Crippen molar-refractivity contribution in [3.63, 3.8) is 0 Å². The third kappa shape index (κ3) is 3.95. The van der Waals surface area contributed by atoms with Crippen LogP contribution in [0.15, 0.2) is 45.5 Å². The van der Waals surface area contributed by atoms with E-state index < -0.39 is 0 Å². The molecule has 0 unspecified atom stereocenters. The first-order valence-corrected chi connectivity index (χ1v) is 7.71. The van der Waals surface area contributed by atoms with Gasteiger partial charge in [0.1, 0.15) is 5.76 Å². The zero-order chi connectivity index (χ0) is 13.8. The molecule has 1 N–H and O–H groups in total. The Kier molecular flexibility index (Phi) is 4.55. The molecule has 0 radical (unpaired) electrons. The molecule has 20 heavy (non-hydrogen) atoms. The third-order valence-electron chi connectivity index (χ3n) is 3.41. The van der Waals surface area contributed by atoms with Gasteiger partial charge in [-0.2, -0.15) is 0 Å². The predicted octanol–water partition coefficient (Wildman–Crippen LogP) is 4.01. The molecule has 0 aliphatic heterocycles. The molecule has 0 bridgehead atoms. The average molecular weight is 336 g/mol. The SMILES string of the molecule is Brc1ccc(COCc2ccoc2CNC2CC2)cc1. The van der Waals surface area contributed by atoms with Gasteiger partial charge in [0, 0.05) is 16.1 Å². The van der Waals surface area contributed by atoms with E-state index in [0.717, 1.165) is 22.3 Å². The van der Waals surface area contributed by atoms with E-state index in [0.29, 0.717) is 19.3 Å². The predicted molar refractivity (Wildman–Crippen MR) is 81.2 cm³/mol. The maximum Gasteiger partial charge on any atom is 0.123 e. The lowest BCUT2D eigenvalue weighted by Gasteiger charge is -2.06. The van der Waals surface area contributed by atoms with Crippen molar-refractivity contribution in [3.05, 3.63) is 58.0 Å². The molecular weight excluding hydrogens is 318 g/mol. The molecule has 0 amide bonds. The van der Waals surface area contributed by atoms with E-state index >= 15 is 0 Å². The van der Waals surface area contributed by atoms with Crippen LogP contribution in [0.1, 0.15) is 29.7 Å². The van der Waals surface area contributed by atoms with Crippen molar-refractivity contribution in [2.75, 3.05) is 0 Å².